The topological polar surface area (TPSA) is 75.4 Å². The largest absolute Gasteiger partial charge is 0.369 e. The third kappa shape index (κ3) is 2.97. The van der Waals surface area contributed by atoms with E-state index < -0.39 is 0 Å². The van der Waals surface area contributed by atoms with Crippen molar-refractivity contribution in [1.29, 1.82) is 0 Å². The quantitative estimate of drug-likeness (QED) is 0.695. The summed E-state index contributed by atoms with van der Waals surface area (Å²) in [6.07, 6.45) is 3.33. The van der Waals surface area contributed by atoms with E-state index in [2.05, 4.69) is 5.32 Å². The highest BCUT2D eigenvalue weighted by Crippen LogP contribution is 2.21. The molecule has 2 aliphatic rings. The van der Waals surface area contributed by atoms with Gasteiger partial charge < -0.3 is 16.0 Å². The highest BCUT2D eigenvalue weighted by atomic mass is 16.2. The van der Waals surface area contributed by atoms with Crippen molar-refractivity contribution >= 4 is 11.8 Å². The molecule has 96 valence electrons. The smallest absolute Gasteiger partial charge is 0.225 e. The molecule has 0 aliphatic carbocycles. The zero-order chi connectivity index (χ0) is 12.3. The third-order valence-corrected chi connectivity index (χ3v) is 3.90. The van der Waals surface area contributed by atoms with Crippen LogP contribution in [0.15, 0.2) is 0 Å². The number of nitrogens with one attached hydrogen (secondary N) is 1. The molecular formula is C12H21N3O2. The molecule has 0 aromatic carbocycles. The van der Waals surface area contributed by atoms with Gasteiger partial charge in [0.25, 0.3) is 0 Å². The van der Waals surface area contributed by atoms with E-state index in [1.54, 1.807) is 0 Å². The van der Waals surface area contributed by atoms with E-state index in [-0.39, 0.29) is 23.7 Å². The Morgan fingerprint density at radius 3 is 2.12 bits per heavy atom. The Morgan fingerprint density at radius 2 is 1.59 bits per heavy atom. The summed E-state index contributed by atoms with van der Waals surface area (Å²) in [5, 5.41) is 3.26. The number of rotatable bonds is 2. The predicted octanol–water partition coefficient (Wildman–Crippen LogP) is -0.290. The van der Waals surface area contributed by atoms with Crippen molar-refractivity contribution < 1.29 is 9.59 Å². The van der Waals surface area contributed by atoms with Crippen LogP contribution >= 0.6 is 0 Å². The summed E-state index contributed by atoms with van der Waals surface area (Å²) in [4.78, 5) is 25.2. The average molecular weight is 239 g/mol. The van der Waals surface area contributed by atoms with Crippen LogP contribution in [0.3, 0.4) is 0 Å². The van der Waals surface area contributed by atoms with Crippen LogP contribution in [-0.4, -0.2) is 42.9 Å². The second kappa shape index (κ2) is 5.49. The van der Waals surface area contributed by atoms with E-state index in [1.807, 2.05) is 4.90 Å². The molecular weight excluding hydrogens is 218 g/mol. The van der Waals surface area contributed by atoms with Crippen LogP contribution in [0.5, 0.6) is 0 Å². The highest BCUT2D eigenvalue weighted by molar-refractivity contribution is 5.80. The molecule has 0 unspecified atom stereocenters. The number of hydrogen-bond acceptors (Lipinski definition) is 3. The summed E-state index contributed by atoms with van der Waals surface area (Å²) in [6.45, 7) is 3.26. The number of carbonyl (C=O) groups excluding carboxylic acids is 2. The summed E-state index contributed by atoms with van der Waals surface area (Å²) in [7, 11) is 0. The summed E-state index contributed by atoms with van der Waals surface area (Å²) < 4.78 is 0. The lowest BCUT2D eigenvalue weighted by Crippen LogP contribution is -2.46. The van der Waals surface area contributed by atoms with Gasteiger partial charge in [0, 0.05) is 24.9 Å². The number of carbonyl (C=O) groups is 2. The first-order valence-electron chi connectivity index (χ1n) is 6.47. The van der Waals surface area contributed by atoms with E-state index >= 15 is 0 Å². The summed E-state index contributed by atoms with van der Waals surface area (Å²) >= 11 is 0. The Kier molecular flexibility index (Phi) is 3.99. The minimum Gasteiger partial charge on any atom is -0.369 e. The second-order valence-corrected chi connectivity index (χ2v) is 5.03. The van der Waals surface area contributed by atoms with E-state index in [0.717, 1.165) is 38.8 Å². The number of nitrogens with zero attached hydrogens (tertiary/aromatic N) is 1. The zero-order valence-electron chi connectivity index (χ0n) is 10.2. The summed E-state index contributed by atoms with van der Waals surface area (Å²) in [5.74, 6) is 0.196. The molecule has 2 rings (SSSR count). The maximum Gasteiger partial charge on any atom is 0.225 e. The van der Waals surface area contributed by atoms with Crippen LogP contribution < -0.4 is 11.1 Å². The second-order valence-electron chi connectivity index (χ2n) is 5.03. The summed E-state index contributed by atoms with van der Waals surface area (Å²) in [5.41, 5.74) is 5.28. The minimum absolute atomic E-state index is 0.0351. The van der Waals surface area contributed by atoms with Crippen molar-refractivity contribution in [3.63, 3.8) is 0 Å². The molecule has 5 nitrogen and oxygen atoms in total. The molecule has 2 amide bonds. The lowest BCUT2D eigenvalue weighted by molar-refractivity contribution is -0.139. The van der Waals surface area contributed by atoms with Crippen LogP contribution in [0, 0.1) is 11.8 Å². The lowest BCUT2D eigenvalue weighted by atomic mass is 9.92. The molecule has 0 spiro atoms. The maximum atomic E-state index is 12.2. The number of hydrogen-bond donors (Lipinski definition) is 2. The summed E-state index contributed by atoms with van der Waals surface area (Å²) in [6, 6.07) is 0. The average Bonchev–Trinajstić information content (AvgIpc) is 2.39. The van der Waals surface area contributed by atoms with E-state index in [4.69, 9.17) is 5.73 Å². The number of likely N-dealkylation sites (tertiary alicyclic amines) is 1. The molecule has 0 aromatic heterocycles. The van der Waals surface area contributed by atoms with Gasteiger partial charge in [-0.1, -0.05) is 0 Å². The van der Waals surface area contributed by atoms with E-state index in [9.17, 15) is 9.59 Å². The van der Waals surface area contributed by atoms with Gasteiger partial charge in [0.15, 0.2) is 0 Å². The fourth-order valence-electron chi connectivity index (χ4n) is 2.71. The molecule has 2 heterocycles. The molecule has 0 bridgehead atoms. The number of primary amides is 1. The van der Waals surface area contributed by atoms with Gasteiger partial charge in [-0.05, 0) is 38.8 Å². The first-order chi connectivity index (χ1) is 8.18. The SMILES string of the molecule is NC(=O)C1CCN(C(=O)C2CCNCC2)CC1. The first kappa shape index (κ1) is 12.4. The lowest BCUT2D eigenvalue weighted by Gasteiger charge is -2.34. The maximum absolute atomic E-state index is 12.2. The zero-order valence-corrected chi connectivity index (χ0v) is 10.2. The van der Waals surface area contributed by atoms with Gasteiger partial charge in [-0.3, -0.25) is 9.59 Å². The molecule has 0 saturated carbocycles. The Morgan fingerprint density at radius 1 is 1.00 bits per heavy atom. The van der Waals surface area contributed by atoms with Gasteiger partial charge >= 0.3 is 0 Å². The molecule has 0 atom stereocenters. The Hall–Kier alpha value is -1.10. The normalized spacial score (nSPS) is 23.6. The molecule has 2 aliphatic heterocycles. The fraction of sp³-hybridized carbons (Fsp3) is 0.833. The van der Waals surface area contributed by atoms with E-state index in [1.165, 1.54) is 0 Å². The number of amides is 2. The van der Waals surface area contributed by atoms with Gasteiger partial charge in [0.2, 0.25) is 11.8 Å². The van der Waals surface area contributed by atoms with Gasteiger partial charge in [-0.2, -0.15) is 0 Å². The van der Waals surface area contributed by atoms with Crippen LogP contribution in [0.4, 0.5) is 0 Å². The van der Waals surface area contributed by atoms with Gasteiger partial charge in [-0.15, -0.1) is 0 Å². The van der Waals surface area contributed by atoms with Crippen molar-refractivity contribution in [3.05, 3.63) is 0 Å². The Balaban J connectivity index is 1.83. The number of nitrogens with two attached hydrogens (primary N) is 1. The molecule has 17 heavy (non-hydrogen) atoms. The molecule has 2 fully saturated rings. The third-order valence-electron chi connectivity index (χ3n) is 3.90. The minimum atomic E-state index is -0.223. The van der Waals surface area contributed by atoms with Gasteiger partial charge in [-0.25, -0.2) is 0 Å². The Bertz CT molecular complexity index is 292. The van der Waals surface area contributed by atoms with Crippen molar-refractivity contribution in [2.45, 2.75) is 25.7 Å². The molecule has 2 saturated heterocycles. The van der Waals surface area contributed by atoms with Crippen molar-refractivity contribution in [3.8, 4) is 0 Å². The van der Waals surface area contributed by atoms with Crippen LogP contribution in [0.1, 0.15) is 25.7 Å². The molecule has 5 heteroatoms. The van der Waals surface area contributed by atoms with Crippen LogP contribution in [-0.2, 0) is 9.59 Å². The monoisotopic (exact) mass is 239 g/mol. The van der Waals surface area contributed by atoms with Crippen LogP contribution in [0.25, 0.3) is 0 Å². The first-order valence-corrected chi connectivity index (χ1v) is 6.47. The predicted molar refractivity (Wildman–Crippen MR) is 64.1 cm³/mol. The van der Waals surface area contributed by atoms with Crippen LogP contribution in [0.2, 0.25) is 0 Å². The molecule has 3 N–H and O–H groups in total. The van der Waals surface area contributed by atoms with Crippen molar-refractivity contribution in [1.82, 2.24) is 10.2 Å². The molecule has 0 aromatic rings. The van der Waals surface area contributed by atoms with Crippen molar-refractivity contribution in [2.24, 2.45) is 17.6 Å². The van der Waals surface area contributed by atoms with E-state index in [0.29, 0.717) is 13.1 Å². The van der Waals surface area contributed by atoms with Crippen molar-refractivity contribution in [2.75, 3.05) is 26.2 Å². The number of piperidine rings is 2. The molecule has 0 radical (unpaired) electrons. The Labute approximate surface area is 102 Å². The highest BCUT2D eigenvalue weighted by Gasteiger charge is 2.30. The van der Waals surface area contributed by atoms with Gasteiger partial charge in [0.1, 0.15) is 0 Å². The standard InChI is InChI=1S/C12H21N3O2/c13-11(16)9-3-7-15(8-4-9)12(17)10-1-5-14-6-2-10/h9-10,14H,1-8H2,(H2,13,16). The fourth-order valence-corrected chi connectivity index (χ4v) is 2.71. The van der Waals surface area contributed by atoms with Gasteiger partial charge in [0.05, 0.1) is 0 Å².